The van der Waals surface area contributed by atoms with Gasteiger partial charge in [0.05, 0.1) is 6.42 Å². The first-order chi connectivity index (χ1) is 6.68. The van der Waals surface area contributed by atoms with Gasteiger partial charge in [0.2, 0.25) is 0 Å². The van der Waals surface area contributed by atoms with E-state index in [2.05, 4.69) is 0 Å². The van der Waals surface area contributed by atoms with Crippen molar-refractivity contribution in [2.45, 2.75) is 13.3 Å². The summed E-state index contributed by atoms with van der Waals surface area (Å²) >= 11 is 0. The van der Waals surface area contributed by atoms with Crippen molar-refractivity contribution in [2.24, 2.45) is 0 Å². The lowest BCUT2D eigenvalue weighted by Gasteiger charge is -1.91. The standard InChI is InChI=1S/C12H12O2/c1-10(13)9-12(14)8-7-11-5-3-2-4-6-11/h2-8H,9H2,1H3. The summed E-state index contributed by atoms with van der Waals surface area (Å²) in [4.78, 5) is 21.7. The molecule has 0 aliphatic carbocycles. The Bertz CT molecular complexity index is 350. The SMILES string of the molecule is CC(=O)CC(=O)C=Cc1ccccc1. The van der Waals surface area contributed by atoms with Crippen molar-refractivity contribution in [3.63, 3.8) is 0 Å². The average Bonchev–Trinajstić information content (AvgIpc) is 2.15. The van der Waals surface area contributed by atoms with Crippen LogP contribution >= 0.6 is 0 Å². The van der Waals surface area contributed by atoms with Gasteiger partial charge in [-0.25, -0.2) is 0 Å². The number of benzene rings is 1. The number of ketones is 2. The van der Waals surface area contributed by atoms with Crippen molar-refractivity contribution in [1.29, 1.82) is 0 Å². The van der Waals surface area contributed by atoms with Gasteiger partial charge in [0, 0.05) is 0 Å². The summed E-state index contributed by atoms with van der Waals surface area (Å²) in [5, 5.41) is 0. The Kier molecular flexibility index (Phi) is 3.80. The van der Waals surface area contributed by atoms with Crippen LogP contribution in [0.5, 0.6) is 0 Å². The van der Waals surface area contributed by atoms with E-state index in [-0.39, 0.29) is 18.0 Å². The van der Waals surface area contributed by atoms with Gasteiger partial charge in [-0.2, -0.15) is 0 Å². The van der Waals surface area contributed by atoms with Gasteiger partial charge in [-0.1, -0.05) is 36.4 Å². The smallest absolute Gasteiger partial charge is 0.163 e. The third-order valence-electron chi connectivity index (χ3n) is 1.68. The summed E-state index contributed by atoms with van der Waals surface area (Å²) in [6.07, 6.45) is 3.14. The van der Waals surface area contributed by atoms with Gasteiger partial charge >= 0.3 is 0 Å². The average molecular weight is 188 g/mol. The van der Waals surface area contributed by atoms with Crippen molar-refractivity contribution >= 4 is 17.6 Å². The van der Waals surface area contributed by atoms with Crippen LogP contribution < -0.4 is 0 Å². The Hall–Kier alpha value is -1.70. The van der Waals surface area contributed by atoms with Crippen LogP contribution in [0.2, 0.25) is 0 Å². The lowest BCUT2D eigenvalue weighted by molar-refractivity contribution is -0.123. The van der Waals surface area contributed by atoms with E-state index in [0.717, 1.165) is 5.56 Å². The highest BCUT2D eigenvalue weighted by molar-refractivity contribution is 6.05. The molecule has 0 saturated heterocycles. The molecule has 0 fully saturated rings. The molecule has 0 unspecified atom stereocenters. The Labute approximate surface area is 83.3 Å². The summed E-state index contributed by atoms with van der Waals surface area (Å²) in [5.41, 5.74) is 0.962. The van der Waals surface area contributed by atoms with Gasteiger partial charge in [0.15, 0.2) is 5.78 Å². The molecule has 0 aliphatic heterocycles. The summed E-state index contributed by atoms with van der Waals surface area (Å²) in [7, 11) is 0. The van der Waals surface area contributed by atoms with Crippen LogP contribution in [-0.2, 0) is 9.59 Å². The second kappa shape index (κ2) is 5.12. The van der Waals surface area contributed by atoms with Crippen molar-refractivity contribution in [3.05, 3.63) is 42.0 Å². The van der Waals surface area contributed by atoms with Gasteiger partial charge in [-0.3, -0.25) is 9.59 Å². The lowest BCUT2D eigenvalue weighted by Crippen LogP contribution is -1.99. The predicted molar refractivity (Wildman–Crippen MR) is 55.8 cm³/mol. The molecule has 0 bridgehead atoms. The third-order valence-corrected chi connectivity index (χ3v) is 1.68. The highest BCUT2D eigenvalue weighted by atomic mass is 16.1. The van der Waals surface area contributed by atoms with Gasteiger partial charge in [0.1, 0.15) is 5.78 Å². The Balaban J connectivity index is 2.56. The fourth-order valence-electron chi connectivity index (χ4n) is 1.06. The van der Waals surface area contributed by atoms with Crippen molar-refractivity contribution in [3.8, 4) is 0 Å². The van der Waals surface area contributed by atoms with Crippen LogP contribution in [0.1, 0.15) is 18.9 Å². The zero-order valence-electron chi connectivity index (χ0n) is 8.07. The molecule has 0 atom stereocenters. The predicted octanol–water partition coefficient (Wildman–Crippen LogP) is 2.25. The quantitative estimate of drug-likeness (QED) is 0.536. The molecule has 1 aromatic rings. The third kappa shape index (κ3) is 3.81. The summed E-state index contributed by atoms with van der Waals surface area (Å²) in [6, 6.07) is 9.51. The maximum absolute atomic E-state index is 11.1. The van der Waals surface area contributed by atoms with E-state index < -0.39 is 0 Å². The molecule has 0 aliphatic rings. The van der Waals surface area contributed by atoms with Crippen molar-refractivity contribution < 1.29 is 9.59 Å². The molecule has 0 spiro atoms. The van der Waals surface area contributed by atoms with Gasteiger partial charge in [0.25, 0.3) is 0 Å². The molecular weight excluding hydrogens is 176 g/mol. The summed E-state index contributed by atoms with van der Waals surface area (Å²) in [5.74, 6) is -0.255. The van der Waals surface area contributed by atoms with Crippen LogP contribution in [0, 0.1) is 0 Å². The summed E-state index contributed by atoms with van der Waals surface area (Å²) < 4.78 is 0. The molecular formula is C12H12O2. The van der Waals surface area contributed by atoms with Crippen LogP contribution in [0.15, 0.2) is 36.4 Å². The number of Topliss-reactive ketones (excluding diaryl/α,β-unsaturated/α-hetero) is 1. The normalized spacial score (nSPS) is 10.4. The maximum Gasteiger partial charge on any atom is 0.163 e. The largest absolute Gasteiger partial charge is 0.300 e. The molecule has 1 aromatic carbocycles. The number of rotatable bonds is 4. The van der Waals surface area contributed by atoms with E-state index in [4.69, 9.17) is 0 Å². The highest BCUT2D eigenvalue weighted by Gasteiger charge is 1.99. The zero-order valence-corrected chi connectivity index (χ0v) is 8.07. The summed E-state index contributed by atoms with van der Waals surface area (Å²) in [6.45, 7) is 1.41. The van der Waals surface area contributed by atoms with Crippen LogP contribution in [0.3, 0.4) is 0 Å². The molecule has 0 saturated carbocycles. The number of carbonyl (C=O) groups is 2. The fraction of sp³-hybridized carbons (Fsp3) is 0.167. The van der Waals surface area contributed by atoms with Gasteiger partial charge < -0.3 is 0 Å². The zero-order chi connectivity index (χ0) is 10.4. The Morgan fingerprint density at radius 2 is 1.86 bits per heavy atom. The van der Waals surface area contributed by atoms with Crippen LogP contribution in [0.25, 0.3) is 6.08 Å². The first-order valence-corrected chi connectivity index (χ1v) is 4.44. The minimum Gasteiger partial charge on any atom is -0.300 e. The molecule has 2 heteroatoms. The van der Waals surface area contributed by atoms with E-state index in [1.54, 1.807) is 6.08 Å². The number of hydrogen-bond donors (Lipinski definition) is 0. The monoisotopic (exact) mass is 188 g/mol. The topological polar surface area (TPSA) is 34.1 Å². The minimum absolute atomic E-state index is 0.0106. The number of allylic oxidation sites excluding steroid dienone is 1. The number of carbonyl (C=O) groups excluding carboxylic acids is 2. The van der Waals surface area contributed by atoms with Gasteiger partial charge in [-0.05, 0) is 18.6 Å². The first-order valence-electron chi connectivity index (χ1n) is 4.44. The molecule has 0 N–H and O–H groups in total. The van der Waals surface area contributed by atoms with E-state index in [1.807, 2.05) is 30.3 Å². The minimum atomic E-state index is -0.152. The van der Waals surface area contributed by atoms with Crippen LogP contribution in [0.4, 0.5) is 0 Å². The number of hydrogen-bond acceptors (Lipinski definition) is 2. The van der Waals surface area contributed by atoms with E-state index in [9.17, 15) is 9.59 Å². The molecule has 0 heterocycles. The second-order valence-corrected chi connectivity index (χ2v) is 3.09. The Morgan fingerprint density at radius 1 is 1.21 bits per heavy atom. The second-order valence-electron chi connectivity index (χ2n) is 3.09. The Morgan fingerprint density at radius 3 is 2.43 bits per heavy atom. The van der Waals surface area contributed by atoms with Crippen molar-refractivity contribution in [2.75, 3.05) is 0 Å². The molecule has 0 amide bonds. The fourth-order valence-corrected chi connectivity index (χ4v) is 1.06. The highest BCUT2D eigenvalue weighted by Crippen LogP contribution is 2.01. The molecule has 2 nitrogen and oxygen atoms in total. The van der Waals surface area contributed by atoms with Crippen molar-refractivity contribution in [1.82, 2.24) is 0 Å². The van der Waals surface area contributed by atoms with E-state index >= 15 is 0 Å². The van der Waals surface area contributed by atoms with E-state index in [1.165, 1.54) is 13.0 Å². The maximum atomic E-state index is 11.1. The van der Waals surface area contributed by atoms with Gasteiger partial charge in [-0.15, -0.1) is 0 Å². The molecule has 0 radical (unpaired) electrons. The molecule has 72 valence electrons. The molecule has 0 aromatic heterocycles. The molecule has 1 rings (SSSR count). The van der Waals surface area contributed by atoms with Crippen LogP contribution in [-0.4, -0.2) is 11.6 Å². The first kappa shape index (κ1) is 10.4. The van der Waals surface area contributed by atoms with E-state index in [0.29, 0.717) is 0 Å². The molecule has 14 heavy (non-hydrogen) atoms. The lowest BCUT2D eigenvalue weighted by atomic mass is 10.1.